The highest BCUT2D eigenvalue weighted by atomic mass is 16.5. The summed E-state index contributed by atoms with van der Waals surface area (Å²) in [7, 11) is 1.51. The number of hydrogen-bond acceptors (Lipinski definition) is 4. The fourth-order valence-corrected chi connectivity index (χ4v) is 2.07. The summed E-state index contributed by atoms with van der Waals surface area (Å²) >= 11 is 0. The lowest BCUT2D eigenvalue weighted by atomic mass is 10.2. The Morgan fingerprint density at radius 3 is 2.38 bits per heavy atom. The van der Waals surface area contributed by atoms with Gasteiger partial charge in [0.2, 0.25) is 5.91 Å². The first-order valence-electron chi connectivity index (χ1n) is 7.48. The first kappa shape index (κ1) is 17.3. The number of para-hydroxylation sites is 1. The van der Waals surface area contributed by atoms with Crippen molar-refractivity contribution >= 4 is 23.2 Å². The van der Waals surface area contributed by atoms with Crippen molar-refractivity contribution in [3.63, 3.8) is 0 Å². The summed E-state index contributed by atoms with van der Waals surface area (Å²) in [5, 5.41) is 5.42. The molecule has 2 amide bonds. The topological polar surface area (TPSA) is 76.7 Å². The molecular formula is C18H20N2O4. The van der Waals surface area contributed by atoms with Gasteiger partial charge in [-0.3, -0.25) is 9.59 Å². The number of carbonyl (C=O) groups excluding carboxylic acids is 2. The normalized spacial score (nSPS) is 11.3. The van der Waals surface area contributed by atoms with Gasteiger partial charge in [-0.2, -0.15) is 0 Å². The average molecular weight is 328 g/mol. The van der Waals surface area contributed by atoms with Gasteiger partial charge in [0.1, 0.15) is 11.5 Å². The molecule has 0 fully saturated rings. The summed E-state index contributed by atoms with van der Waals surface area (Å²) in [6, 6.07) is 14.1. The quantitative estimate of drug-likeness (QED) is 0.854. The van der Waals surface area contributed by atoms with Gasteiger partial charge in [-0.25, -0.2) is 0 Å². The van der Waals surface area contributed by atoms with E-state index in [2.05, 4.69) is 10.6 Å². The maximum absolute atomic E-state index is 12.3. The van der Waals surface area contributed by atoms with E-state index < -0.39 is 6.10 Å². The third-order valence-electron chi connectivity index (χ3n) is 3.20. The SMILES string of the molecule is COc1ccc(NC(=O)C(C)Oc2ccccc2)cc1NC(C)=O. The smallest absolute Gasteiger partial charge is 0.265 e. The summed E-state index contributed by atoms with van der Waals surface area (Å²) in [5.74, 6) is 0.612. The van der Waals surface area contributed by atoms with Gasteiger partial charge < -0.3 is 20.1 Å². The molecule has 24 heavy (non-hydrogen) atoms. The molecule has 2 aromatic carbocycles. The summed E-state index contributed by atoms with van der Waals surface area (Å²) in [6.45, 7) is 3.07. The van der Waals surface area contributed by atoms with Crippen molar-refractivity contribution in [3.05, 3.63) is 48.5 Å². The molecule has 2 rings (SSSR count). The van der Waals surface area contributed by atoms with E-state index in [9.17, 15) is 9.59 Å². The zero-order valence-electron chi connectivity index (χ0n) is 13.8. The molecule has 6 heteroatoms. The molecule has 0 aliphatic carbocycles. The first-order valence-corrected chi connectivity index (χ1v) is 7.48. The first-order chi connectivity index (χ1) is 11.5. The van der Waals surface area contributed by atoms with Crippen molar-refractivity contribution in [1.29, 1.82) is 0 Å². The minimum Gasteiger partial charge on any atom is -0.495 e. The second-order valence-electron chi connectivity index (χ2n) is 5.16. The Kier molecular flexibility index (Phi) is 5.78. The summed E-state index contributed by atoms with van der Waals surface area (Å²) < 4.78 is 10.8. The van der Waals surface area contributed by atoms with Gasteiger partial charge in [0, 0.05) is 12.6 Å². The van der Waals surface area contributed by atoms with Gasteiger partial charge in [-0.05, 0) is 37.3 Å². The Bertz CT molecular complexity index is 716. The number of carbonyl (C=O) groups is 2. The van der Waals surface area contributed by atoms with Crippen LogP contribution in [0.2, 0.25) is 0 Å². The molecule has 0 saturated heterocycles. The third-order valence-corrected chi connectivity index (χ3v) is 3.20. The van der Waals surface area contributed by atoms with E-state index >= 15 is 0 Å². The van der Waals surface area contributed by atoms with E-state index in [0.29, 0.717) is 22.9 Å². The van der Waals surface area contributed by atoms with Gasteiger partial charge in [0.15, 0.2) is 6.10 Å². The van der Waals surface area contributed by atoms with Crippen LogP contribution in [0.5, 0.6) is 11.5 Å². The van der Waals surface area contributed by atoms with Gasteiger partial charge in [-0.15, -0.1) is 0 Å². The van der Waals surface area contributed by atoms with Crippen LogP contribution in [-0.4, -0.2) is 25.0 Å². The van der Waals surface area contributed by atoms with Gasteiger partial charge in [-0.1, -0.05) is 18.2 Å². The highest BCUT2D eigenvalue weighted by Crippen LogP contribution is 2.28. The Hall–Kier alpha value is -3.02. The van der Waals surface area contributed by atoms with Gasteiger partial charge in [0.05, 0.1) is 12.8 Å². The Balaban J connectivity index is 2.06. The number of rotatable bonds is 6. The predicted molar refractivity (Wildman–Crippen MR) is 92.5 cm³/mol. The van der Waals surface area contributed by atoms with Crippen molar-refractivity contribution in [3.8, 4) is 11.5 Å². The maximum Gasteiger partial charge on any atom is 0.265 e. The summed E-state index contributed by atoms with van der Waals surface area (Å²) in [6.07, 6.45) is -0.668. The lowest BCUT2D eigenvalue weighted by Crippen LogP contribution is -2.30. The second-order valence-corrected chi connectivity index (χ2v) is 5.16. The Morgan fingerprint density at radius 2 is 1.75 bits per heavy atom. The van der Waals surface area contributed by atoms with Crippen LogP contribution in [0.4, 0.5) is 11.4 Å². The molecule has 2 aromatic rings. The third kappa shape index (κ3) is 4.74. The van der Waals surface area contributed by atoms with Crippen LogP contribution in [0, 0.1) is 0 Å². The number of methoxy groups -OCH3 is 1. The maximum atomic E-state index is 12.3. The van der Waals surface area contributed by atoms with Crippen LogP contribution in [-0.2, 0) is 9.59 Å². The molecule has 0 radical (unpaired) electrons. The fourth-order valence-electron chi connectivity index (χ4n) is 2.07. The molecule has 2 N–H and O–H groups in total. The zero-order chi connectivity index (χ0) is 17.5. The van der Waals surface area contributed by atoms with Crippen LogP contribution >= 0.6 is 0 Å². The van der Waals surface area contributed by atoms with E-state index in [1.165, 1.54) is 14.0 Å². The number of anilines is 2. The van der Waals surface area contributed by atoms with E-state index in [-0.39, 0.29) is 11.8 Å². The Labute approximate surface area is 140 Å². The van der Waals surface area contributed by atoms with Crippen LogP contribution in [0.3, 0.4) is 0 Å². The monoisotopic (exact) mass is 328 g/mol. The number of benzene rings is 2. The molecule has 0 saturated carbocycles. The molecule has 1 unspecified atom stereocenters. The number of nitrogens with one attached hydrogen (secondary N) is 2. The molecule has 0 aliphatic rings. The summed E-state index contributed by atoms with van der Waals surface area (Å²) in [4.78, 5) is 23.5. The lowest BCUT2D eigenvalue weighted by Gasteiger charge is -2.16. The molecule has 6 nitrogen and oxygen atoms in total. The minimum atomic E-state index is -0.668. The number of ether oxygens (including phenoxy) is 2. The lowest BCUT2D eigenvalue weighted by molar-refractivity contribution is -0.122. The van der Waals surface area contributed by atoms with Crippen molar-refractivity contribution in [2.45, 2.75) is 20.0 Å². The average Bonchev–Trinajstić information content (AvgIpc) is 2.55. The fraction of sp³-hybridized carbons (Fsp3) is 0.222. The van der Waals surface area contributed by atoms with Gasteiger partial charge >= 0.3 is 0 Å². The van der Waals surface area contributed by atoms with E-state index in [1.807, 2.05) is 18.2 Å². The molecule has 0 heterocycles. The van der Waals surface area contributed by atoms with Crippen molar-refractivity contribution in [2.24, 2.45) is 0 Å². The van der Waals surface area contributed by atoms with Crippen LogP contribution < -0.4 is 20.1 Å². The largest absolute Gasteiger partial charge is 0.495 e. The second kappa shape index (κ2) is 8.01. The zero-order valence-corrected chi connectivity index (χ0v) is 13.8. The van der Waals surface area contributed by atoms with Crippen molar-refractivity contribution in [2.75, 3.05) is 17.7 Å². The molecule has 126 valence electrons. The molecule has 0 bridgehead atoms. The highest BCUT2D eigenvalue weighted by molar-refractivity contribution is 5.96. The molecule has 0 aromatic heterocycles. The van der Waals surface area contributed by atoms with Gasteiger partial charge in [0.25, 0.3) is 5.91 Å². The number of amides is 2. The van der Waals surface area contributed by atoms with Crippen molar-refractivity contribution < 1.29 is 19.1 Å². The van der Waals surface area contributed by atoms with Crippen molar-refractivity contribution in [1.82, 2.24) is 0 Å². The minimum absolute atomic E-state index is 0.224. The molecule has 0 spiro atoms. The molecule has 0 aliphatic heterocycles. The highest BCUT2D eigenvalue weighted by Gasteiger charge is 2.16. The predicted octanol–water partition coefficient (Wildman–Crippen LogP) is 3.06. The van der Waals surface area contributed by atoms with E-state index in [0.717, 1.165) is 0 Å². The summed E-state index contributed by atoms with van der Waals surface area (Å²) in [5.41, 5.74) is 1.02. The van der Waals surface area contributed by atoms with E-state index in [1.54, 1.807) is 37.3 Å². The van der Waals surface area contributed by atoms with E-state index in [4.69, 9.17) is 9.47 Å². The van der Waals surface area contributed by atoms with Crippen LogP contribution in [0.25, 0.3) is 0 Å². The van der Waals surface area contributed by atoms with Crippen LogP contribution in [0.1, 0.15) is 13.8 Å². The standard InChI is InChI=1S/C18H20N2O4/c1-12(24-15-7-5-4-6-8-15)18(22)20-14-9-10-17(23-3)16(11-14)19-13(2)21/h4-12H,1-3H3,(H,19,21)(H,20,22). The Morgan fingerprint density at radius 1 is 1.04 bits per heavy atom. The number of hydrogen-bond donors (Lipinski definition) is 2. The molecular weight excluding hydrogens is 308 g/mol. The van der Waals surface area contributed by atoms with Crippen LogP contribution in [0.15, 0.2) is 48.5 Å². The molecule has 1 atom stereocenters.